The fourth-order valence-corrected chi connectivity index (χ4v) is 9.52. The molecule has 0 radical (unpaired) electrons. The third kappa shape index (κ3) is 13.1. The van der Waals surface area contributed by atoms with Gasteiger partial charge in [0, 0.05) is 13.2 Å². The first-order valence-electron chi connectivity index (χ1n) is 24.9. The van der Waals surface area contributed by atoms with Crippen LogP contribution in [0.4, 0.5) is 132 Å². The van der Waals surface area contributed by atoms with E-state index in [1.165, 1.54) is 0 Å². The zero-order valence-electron chi connectivity index (χ0n) is 43.9. The van der Waals surface area contributed by atoms with Gasteiger partial charge in [-0.3, -0.25) is 0 Å². The van der Waals surface area contributed by atoms with Crippen LogP contribution in [0.25, 0.3) is 0 Å². The summed E-state index contributed by atoms with van der Waals surface area (Å²) < 4.78 is 449. The van der Waals surface area contributed by atoms with E-state index < -0.39 is 246 Å². The van der Waals surface area contributed by atoms with Crippen molar-refractivity contribution < 1.29 is 141 Å². The second-order valence-electron chi connectivity index (χ2n) is 18.8. The summed E-state index contributed by atoms with van der Waals surface area (Å²) in [4.78, 5) is 0. The fourth-order valence-electron chi connectivity index (χ4n) is 9.52. The van der Waals surface area contributed by atoms with E-state index in [4.69, 9.17) is 9.31 Å². The van der Waals surface area contributed by atoms with Crippen molar-refractivity contribution in [2.24, 2.45) is 0 Å². The Morgan fingerprint density at radius 2 is 0.299 bits per heavy atom. The predicted octanol–water partition coefficient (Wildman–Crippen LogP) is 13.9. The molecule has 0 bridgehead atoms. The summed E-state index contributed by atoms with van der Waals surface area (Å²) in [5, 5.41) is 0. The van der Waals surface area contributed by atoms with Crippen molar-refractivity contribution in [2.75, 3.05) is 13.2 Å². The first kappa shape index (κ1) is 74.0. The molecule has 0 aliphatic carbocycles. The van der Waals surface area contributed by atoms with Crippen molar-refractivity contribution in [3.63, 3.8) is 0 Å². The third-order valence-corrected chi connectivity index (χ3v) is 13.6. The summed E-state index contributed by atoms with van der Waals surface area (Å²) in [6.45, 7) is 1.14. The summed E-state index contributed by atoms with van der Waals surface area (Å²) >= 11 is 0. The zero-order valence-corrected chi connectivity index (χ0v) is 46.1. The Labute approximate surface area is 500 Å². The molecule has 6 aromatic rings. The minimum atomic E-state index is -5.94. The maximum atomic E-state index is 15.3. The molecule has 0 N–H and O–H groups in total. The predicted molar refractivity (Wildman–Crippen MR) is 251 cm³/mol. The number of halogens is 30. The van der Waals surface area contributed by atoms with Crippen LogP contribution in [0.5, 0.6) is 0 Å². The van der Waals surface area contributed by atoms with Crippen LogP contribution in [0.3, 0.4) is 0 Å². The number of benzene rings is 6. The first-order valence-corrected chi connectivity index (χ1v) is 24.9. The van der Waals surface area contributed by atoms with Gasteiger partial charge in [-0.05, 0) is 12.8 Å². The van der Waals surface area contributed by atoms with Gasteiger partial charge in [-0.1, -0.05) is 111 Å². The molecule has 0 saturated carbocycles. The molecule has 6 aromatic carbocycles. The molecule has 0 unspecified atom stereocenters. The van der Waals surface area contributed by atoms with Gasteiger partial charge in [0.25, 0.3) is 0 Å². The Morgan fingerprint density at radius 1 is 0.184 bits per heavy atom. The summed E-state index contributed by atoms with van der Waals surface area (Å²) in [5.74, 6) is -91.7. The quantitative estimate of drug-likeness (QED) is 0.0222. The maximum absolute atomic E-state index is 15.3. The molecule has 472 valence electrons. The average Bonchev–Trinajstić information content (AvgIpc) is 0.717. The van der Waals surface area contributed by atoms with Crippen molar-refractivity contribution in [1.82, 2.24) is 0 Å². The molecule has 0 heterocycles. The maximum Gasteiger partial charge on any atom is 2.00 e. The monoisotopic (exact) mass is 1320 g/mol. The van der Waals surface area contributed by atoms with Crippen LogP contribution in [-0.4, -0.2) is 63.6 Å². The van der Waals surface area contributed by atoms with Gasteiger partial charge in [0.05, 0.1) is 0 Å². The van der Waals surface area contributed by atoms with Gasteiger partial charge in [-0.2, -0.15) is 0 Å². The van der Waals surface area contributed by atoms with E-state index in [-0.39, 0.29) is 50.6 Å². The molecule has 2 nitrogen and oxygen atoms in total. The second-order valence-corrected chi connectivity index (χ2v) is 18.8. The van der Waals surface area contributed by atoms with Gasteiger partial charge in [0.1, 0.15) is 69.8 Å². The third-order valence-electron chi connectivity index (χ3n) is 13.6. The van der Waals surface area contributed by atoms with Gasteiger partial charge in [-0.25, -0.2) is 132 Å². The van der Waals surface area contributed by atoms with E-state index in [1.807, 2.05) is 13.8 Å². The van der Waals surface area contributed by atoms with Gasteiger partial charge < -0.3 is 9.31 Å². The molecule has 6 rings (SSSR count). The van der Waals surface area contributed by atoms with Crippen LogP contribution >= 0.6 is 0 Å². The SMILES string of the molecule is CCCCCCCCO[B-](c1c(F)c(F)c(F)c(F)c1F)(c1c(F)c(F)c(F)c(F)c1F)c1c(F)c(F)c(F)c(F)c1F.CCCCCCCCO[B-](c1c(F)c(F)c(F)c(F)c1F)(c1c(F)c(F)c(F)c(F)c1F)c1c(F)c(F)c(F)c(F)c1F.[Ca+2]. The average molecular weight is 1320 g/mol. The number of rotatable bonds is 22. The molecule has 35 heteroatoms. The molecular weight excluding hydrogens is 1290 g/mol. The molecule has 0 fully saturated rings. The second kappa shape index (κ2) is 29.9. The van der Waals surface area contributed by atoms with E-state index in [9.17, 15) is 79.0 Å². The Hall–Kier alpha value is -5.47. The Balaban J connectivity index is 0.000000368. The van der Waals surface area contributed by atoms with Crippen LogP contribution in [-0.2, 0) is 9.31 Å². The summed E-state index contributed by atoms with van der Waals surface area (Å²) in [7, 11) is 0. The largest absolute Gasteiger partial charge is 2.00 e. The van der Waals surface area contributed by atoms with E-state index in [1.54, 1.807) is 0 Å². The number of hydrogen-bond acceptors (Lipinski definition) is 2. The molecule has 0 saturated heterocycles. The minimum Gasteiger partial charge on any atom is -0.579 e. The Morgan fingerprint density at radius 3 is 0.437 bits per heavy atom. The molecule has 0 atom stereocenters. The number of unbranched alkanes of at least 4 members (excludes halogenated alkanes) is 10. The first-order chi connectivity index (χ1) is 40.2. The number of hydrogen-bond donors (Lipinski definition) is 0. The Kier molecular flexibility index (Phi) is 25.4. The van der Waals surface area contributed by atoms with Gasteiger partial charge in [0.15, 0.2) is 105 Å². The summed E-state index contributed by atoms with van der Waals surface area (Å²) in [6, 6.07) is 0. The van der Waals surface area contributed by atoms with Crippen LogP contribution < -0.4 is 32.8 Å². The van der Waals surface area contributed by atoms with Gasteiger partial charge in [0.2, 0.25) is 12.7 Å². The van der Waals surface area contributed by atoms with Gasteiger partial charge >= 0.3 is 37.7 Å². The molecule has 0 amide bonds. The van der Waals surface area contributed by atoms with E-state index in [0.717, 1.165) is 12.8 Å². The van der Waals surface area contributed by atoms with E-state index in [0.29, 0.717) is 38.5 Å². The van der Waals surface area contributed by atoms with Gasteiger partial charge in [-0.15, -0.1) is 0 Å². The summed E-state index contributed by atoms with van der Waals surface area (Å²) in [5.41, 5.74) is -16.6. The zero-order chi connectivity index (χ0) is 65.1. The van der Waals surface area contributed by atoms with Crippen LogP contribution in [0.2, 0.25) is 0 Å². The smallest absolute Gasteiger partial charge is 0.579 e. The molecule has 87 heavy (non-hydrogen) atoms. The summed E-state index contributed by atoms with van der Waals surface area (Å²) in [6.07, 6.45) is -8.09. The molecular formula is C52H34B2CaF30O2. The van der Waals surface area contributed by atoms with Crippen molar-refractivity contribution in [2.45, 2.75) is 90.9 Å². The van der Waals surface area contributed by atoms with E-state index in [2.05, 4.69) is 0 Å². The normalized spacial score (nSPS) is 11.9. The topological polar surface area (TPSA) is 18.5 Å². The van der Waals surface area contributed by atoms with E-state index >= 15 is 52.7 Å². The fraction of sp³-hybridized carbons (Fsp3) is 0.308. The van der Waals surface area contributed by atoms with Crippen molar-refractivity contribution in [3.05, 3.63) is 175 Å². The standard InChI is InChI=1S/2C26H17BF15O.Ca/c2*1-2-3-4-5-6-7-8-43-27(9-12(28)18(34)24(40)19(35)13(9)29,10-14(30)20(36)25(41)21(37)15(10)31)11-16(32)22(38)26(42)23(39)17(11)33;/h2*2-8H2,1H3;/q2*-1;+2. The Bertz CT molecular complexity index is 2850. The van der Waals surface area contributed by atoms with Crippen LogP contribution in [0, 0.1) is 175 Å². The molecule has 0 aliphatic rings. The molecule has 0 spiro atoms. The molecule has 0 aliphatic heterocycles. The molecule has 0 aromatic heterocycles. The van der Waals surface area contributed by atoms with Crippen molar-refractivity contribution in [3.8, 4) is 0 Å². The van der Waals surface area contributed by atoms with Crippen molar-refractivity contribution >= 4 is 83.2 Å². The van der Waals surface area contributed by atoms with Crippen LogP contribution in [0.15, 0.2) is 0 Å². The van der Waals surface area contributed by atoms with Crippen molar-refractivity contribution in [1.29, 1.82) is 0 Å². The minimum absolute atomic E-state index is 0. The van der Waals surface area contributed by atoms with Crippen LogP contribution in [0.1, 0.15) is 90.9 Å².